The van der Waals surface area contributed by atoms with Crippen molar-refractivity contribution in [1.29, 1.82) is 0 Å². The van der Waals surface area contributed by atoms with E-state index in [4.69, 9.17) is 15.4 Å². The van der Waals surface area contributed by atoms with Crippen LogP contribution in [0.15, 0.2) is 4.52 Å². The highest BCUT2D eigenvalue weighted by Gasteiger charge is 2.19. The number of aliphatic hydroxyl groups is 1. The molecule has 2 unspecified atom stereocenters. The summed E-state index contributed by atoms with van der Waals surface area (Å²) < 4.78 is 5.06. The van der Waals surface area contributed by atoms with Gasteiger partial charge in [0.15, 0.2) is 5.82 Å². The number of rotatable bonds is 4. The maximum atomic E-state index is 8.80. The van der Waals surface area contributed by atoms with Gasteiger partial charge in [0.25, 0.3) is 0 Å². The lowest BCUT2D eigenvalue weighted by Gasteiger charge is -2.09. The van der Waals surface area contributed by atoms with Crippen LogP contribution in [-0.4, -0.2) is 21.9 Å². The third-order valence-electron chi connectivity index (χ3n) is 2.38. The molecule has 5 nitrogen and oxygen atoms in total. The number of aliphatic hydroxyl groups excluding tert-OH is 1. The Morgan fingerprint density at radius 2 is 2.07 bits per heavy atom. The molecule has 2 atom stereocenters. The number of nitrogens with two attached hydrogens (primary N) is 1. The van der Waals surface area contributed by atoms with Crippen molar-refractivity contribution in [3.63, 3.8) is 0 Å². The van der Waals surface area contributed by atoms with E-state index >= 15 is 0 Å². The summed E-state index contributed by atoms with van der Waals surface area (Å²) in [6.45, 7) is 6.02. The summed E-state index contributed by atoms with van der Waals surface area (Å²) in [7, 11) is 0. The van der Waals surface area contributed by atoms with E-state index in [0.29, 0.717) is 17.6 Å². The van der Waals surface area contributed by atoms with Crippen molar-refractivity contribution < 1.29 is 9.63 Å². The Morgan fingerprint density at radius 3 is 2.57 bits per heavy atom. The average Bonchev–Trinajstić information content (AvgIpc) is 2.64. The Balaban J connectivity index is 2.77. The summed E-state index contributed by atoms with van der Waals surface area (Å²) in [5.74, 6) is 1.60. The maximum Gasteiger partial charge on any atom is 0.229 e. The molecule has 14 heavy (non-hydrogen) atoms. The Hall–Kier alpha value is -0.940. The third-order valence-corrected chi connectivity index (χ3v) is 2.38. The molecule has 0 fully saturated rings. The van der Waals surface area contributed by atoms with Crippen molar-refractivity contribution >= 4 is 0 Å². The SMILES string of the molecule is CC(C)C(C)c1nc(C(N)CO)no1. The second kappa shape index (κ2) is 4.52. The normalized spacial score (nSPS) is 15.9. The monoisotopic (exact) mass is 199 g/mol. The van der Waals surface area contributed by atoms with Crippen molar-refractivity contribution in [2.75, 3.05) is 6.61 Å². The van der Waals surface area contributed by atoms with E-state index in [1.807, 2.05) is 6.92 Å². The molecule has 0 aliphatic carbocycles. The molecule has 0 aliphatic rings. The zero-order valence-corrected chi connectivity index (χ0v) is 8.77. The van der Waals surface area contributed by atoms with E-state index in [1.54, 1.807) is 0 Å². The van der Waals surface area contributed by atoms with Crippen molar-refractivity contribution in [3.05, 3.63) is 11.7 Å². The van der Waals surface area contributed by atoms with Gasteiger partial charge in [0, 0.05) is 5.92 Å². The van der Waals surface area contributed by atoms with Crippen molar-refractivity contribution in [2.45, 2.75) is 32.7 Å². The minimum Gasteiger partial charge on any atom is -0.394 e. The minimum absolute atomic E-state index is 0.172. The number of aromatic nitrogens is 2. The van der Waals surface area contributed by atoms with E-state index in [0.717, 1.165) is 0 Å². The van der Waals surface area contributed by atoms with Gasteiger partial charge in [-0.1, -0.05) is 25.9 Å². The molecule has 1 rings (SSSR count). The fourth-order valence-corrected chi connectivity index (χ4v) is 0.950. The van der Waals surface area contributed by atoms with Crippen molar-refractivity contribution in [1.82, 2.24) is 10.1 Å². The first-order valence-electron chi connectivity index (χ1n) is 4.76. The zero-order valence-electron chi connectivity index (χ0n) is 8.77. The molecule has 0 saturated carbocycles. The van der Waals surface area contributed by atoms with Gasteiger partial charge in [-0.25, -0.2) is 0 Å². The second-order valence-corrected chi connectivity index (χ2v) is 3.81. The summed E-state index contributed by atoms with van der Waals surface area (Å²) in [4.78, 5) is 4.14. The first kappa shape index (κ1) is 11.1. The Bertz CT molecular complexity index is 285. The van der Waals surface area contributed by atoms with Crippen molar-refractivity contribution in [2.24, 2.45) is 11.7 Å². The number of hydrogen-bond donors (Lipinski definition) is 2. The number of nitrogens with zero attached hydrogens (tertiary/aromatic N) is 2. The van der Waals surface area contributed by atoms with Gasteiger partial charge in [0.2, 0.25) is 5.89 Å². The molecule has 0 amide bonds. The first-order chi connectivity index (χ1) is 6.56. The van der Waals surface area contributed by atoms with E-state index in [1.165, 1.54) is 0 Å². The largest absolute Gasteiger partial charge is 0.394 e. The highest BCUT2D eigenvalue weighted by Crippen LogP contribution is 2.22. The topological polar surface area (TPSA) is 85.2 Å². The second-order valence-electron chi connectivity index (χ2n) is 3.81. The van der Waals surface area contributed by atoms with E-state index in [9.17, 15) is 0 Å². The Kier molecular flexibility index (Phi) is 3.60. The average molecular weight is 199 g/mol. The molecule has 1 aromatic heterocycles. The molecule has 1 heterocycles. The van der Waals surface area contributed by atoms with Crippen LogP contribution in [0.4, 0.5) is 0 Å². The summed E-state index contributed by atoms with van der Waals surface area (Å²) in [5, 5.41) is 12.5. The van der Waals surface area contributed by atoms with Gasteiger partial charge in [-0.15, -0.1) is 0 Å². The van der Waals surface area contributed by atoms with Gasteiger partial charge < -0.3 is 15.4 Å². The molecular formula is C9H17N3O2. The van der Waals surface area contributed by atoms with Gasteiger partial charge in [-0.05, 0) is 5.92 Å². The molecule has 0 aromatic carbocycles. The van der Waals surface area contributed by atoms with Crippen LogP contribution in [0.5, 0.6) is 0 Å². The van der Waals surface area contributed by atoms with E-state index < -0.39 is 6.04 Å². The summed E-state index contributed by atoms with van der Waals surface area (Å²) in [6, 6.07) is -0.549. The quantitative estimate of drug-likeness (QED) is 0.749. The van der Waals surface area contributed by atoms with Crippen LogP contribution in [0, 0.1) is 5.92 Å². The van der Waals surface area contributed by atoms with Crippen LogP contribution < -0.4 is 5.73 Å². The predicted molar refractivity (Wildman–Crippen MR) is 51.6 cm³/mol. The summed E-state index contributed by atoms with van der Waals surface area (Å²) >= 11 is 0. The van der Waals surface area contributed by atoms with Gasteiger partial charge in [-0.2, -0.15) is 4.98 Å². The molecule has 5 heteroatoms. The molecule has 0 saturated heterocycles. The molecule has 1 aromatic rings. The van der Waals surface area contributed by atoms with Gasteiger partial charge in [0.1, 0.15) is 0 Å². The molecule has 0 bridgehead atoms. The first-order valence-corrected chi connectivity index (χ1v) is 4.76. The van der Waals surface area contributed by atoms with Crippen LogP contribution in [-0.2, 0) is 0 Å². The molecule has 0 spiro atoms. The molecule has 80 valence electrons. The van der Waals surface area contributed by atoms with Crippen LogP contribution in [0.3, 0.4) is 0 Å². The maximum absolute atomic E-state index is 8.80. The lowest BCUT2D eigenvalue weighted by molar-refractivity contribution is 0.259. The highest BCUT2D eigenvalue weighted by atomic mass is 16.5. The fraction of sp³-hybridized carbons (Fsp3) is 0.778. The minimum atomic E-state index is -0.549. The smallest absolute Gasteiger partial charge is 0.229 e. The van der Waals surface area contributed by atoms with Gasteiger partial charge >= 0.3 is 0 Å². The fourth-order valence-electron chi connectivity index (χ4n) is 0.950. The Labute approximate surface area is 83.3 Å². The number of hydrogen-bond acceptors (Lipinski definition) is 5. The van der Waals surface area contributed by atoms with Crippen LogP contribution in [0.25, 0.3) is 0 Å². The Morgan fingerprint density at radius 1 is 1.43 bits per heavy atom. The molecular weight excluding hydrogens is 182 g/mol. The third kappa shape index (κ3) is 2.30. The molecule has 0 radical (unpaired) electrons. The predicted octanol–water partition coefficient (Wildman–Crippen LogP) is 0.821. The lowest BCUT2D eigenvalue weighted by Crippen LogP contribution is -2.16. The van der Waals surface area contributed by atoms with Crippen LogP contribution in [0.1, 0.15) is 44.4 Å². The summed E-state index contributed by atoms with van der Waals surface area (Å²) in [5.41, 5.74) is 5.55. The standard InChI is InChI=1S/C9H17N3O2/c1-5(2)6(3)9-11-8(12-14-9)7(10)4-13/h5-7,13H,4,10H2,1-3H3. The molecule has 0 aliphatic heterocycles. The highest BCUT2D eigenvalue weighted by molar-refractivity contribution is 4.97. The lowest BCUT2D eigenvalue weighted by atomic mass is 9.98. The zero-order chi connectivity index (χ0) is 10.7. The summed E-state index contributed by atoms with van der Waals surface area (Å²) in [6.07, 6.45) is 0. The van der Waals surface area contributed by atoms with Crippen LogP contribution >= 0.6 is 0 Å². The molecule has 3 N–H and O–H groups in total. The van der Waals surface area contributed by atoms with Gasteiger partial charge in [0.05, 0.1) is 12.6 Å². The van der Waals surface area contributed by atoms with Gasteiger partial charge in [-0.3, -0.25) is 0 Å². The van der Waals surface area contributed by atoms with E-state index in [-0.39, 0.29) is 12.5 Å². The van der Waals surface area contributed by atoms with Crippen LogP contribution in [0.2, 0.25) is 0 Å². The van der Waals surface area contributed by atoms with E-state index in [2.05, 4.69) is 24.0 Å². The van der Waals surface area contributed by atoms with Crippen molar-refractivity contribution in [3.8, 4) is 0 Å².